The van der Waals surface area contributed by atoms with Gasteiger partial charge >= 0.3 is 0 Å². The van der Waals surface area contributed by atoms with Crippen molar-refractivity contribution in [3.63, 3.8) is 0 Å². The van der Waals surface area contributed by atoms with Crippen LogP contribution in [0.1, 0.15) is 28.4 Å². The first kappa shape index (κ1) is 23.6. The first-order chi connectivity index (χ1) is 15.8. The third-order valence-electron chi connectivity index (χ3n) is 5.61. The molecule has 8 heteroatoms. The molecule has 5 atom stereocenters. The second kappa shape index (κ2) is 10.2. The predicted octanol–water partition coefficient (Wildman–Crippen LogP) is 3.12. The van der Waals surface area contributed by atoms with E-state index in [1.54, 1.807) is 30.3 Å². The van der Waals surface area contributed by atoms with Gasteiger partial charge in [0, 0.05) is 5.02 Å². The van der Waals surface area contributed by atoms with Gasteiger partial charge in [0.25, 0.3) is 0 Å². The van der Waals surface area contributed by atoms with Gasteiger partial charge < -0.3 is 29.9 Å². The Labute approximate surface area is 195 Å². The molecule has 1 aliphatic rings. The van der Waals surface area contributed by atoms with Crippen LogP contribution < -0.4 is 4.74 Å². The quantitative estimate of drug-likeness (QED) is 0.438. The third-order valence-corrected chi connectivity index (χ3v) is 5.98. The summed E-state index contributed by atoms with van der Waals surface area (Å²) >= 11 is 6.33. The Morgan fingerprint density at radius 1 is 0.848 bits per heavy atom. The fourth-order valence-corrected chi connectivity index (χ4v) is 3.95. The van der Waals surface area contributed by atoms with Crippen LogP contribution in [0.4, 0.5) is 4.39 Å². The zero-order valence-corrected chi connectivity index (χ0v) is 18.3. The summed E-state index contributed by atoms with van der Waals surface area (Å²) in [6, 6.07) is 19.0. The lowest BCUT2D eigenvalue weighted by molar-refractivity contribution is -0.284. The Bertz CT molecular complexity index is 1100. The van der Waals surface area contributed by atoms with Crippen LogP contribution in [0, 0.1) is 5.82 Å². The molecule has 1 aliphatic heterocycles. The molecule has 3 aromatic carbocycles. The zero-order chi connectivity index (χ0) is 23.5. The Morgan fingerprint density at radius 3 is 2.33 bits per heavy atom. The summed E-state index contributed by atoms with van der Waals surface area (Å²) in [6.45, 7) is 0.251. The van der Waals surface area contributed by atoms with Crippen LogP contribution >= 0.6 is 11.6 Å². The number of hydrogen-bond acceptors (Lipinski definition) is 6. The van der Waals surface area contributed by atoms with E-state index in [2.05, 4.69) is 0 Å². The van der Waals surface area contributed by atoms with Crippen LogP contribution in [-0.4, -0.2) is 45.0 Å². The van der Waals surface area contributed by atoms with E-state index in [0.29, 0.717) is 28.1 Å². The molecular formula is C25H24ClFO6. The Balaban J connectivity index is 1.49. The monoisotopic (exact) mass is 474 g/mol. The predicted molar refractivity (Wildman–Crippen MR) is 119 cm³/mol. The van der Waals surface area contributed by atoms with Crippen LogP contribution in [0.15, 0.2) is 66.7 Å². The summed E-state index contributed by atoms with van der Waals surface area (Å²) in [5.41, 5.74) is 2.67. The molecule has 3 aromatic rings. The van der Waals surface area contributed by atoms with Gasteiger partial charge in [0.2, 0.25) is 0 Å². The lowest BCUT2D eigenvalue weighted by atomic mass is 9.92. The van der Waals surface area contributed by atoms with Gasteiger partial charge in [-0.3, -0.25) is 0 Å². The summed E-state index contributed by atoms with van der Waals surface area (Å²) in [6.07, 6.45) is -7.07. The lowest BCUT2D eigenvalue weighted by Crippen LogP contribution is -2.54. The van der Waals surface area contributed by atoms with Crippen LogP contribution in [0.25, 0.3) is 0 Å². The summed E-state index contributed by atoms with van der Waals surface area (Å²) in [4.78, 5) is 0. The molecular weight excluding hydrogens is 451 g/mol. The van der Waals surface area contributed by atoms with Crippen molar-refractivity contribution < 1.29 is 34.3 Å². The van der Waals surface area contributed by atoms with Crippen LogP contribution in [0.5, 0.6) is 5.75 Å². The molecule has 0 radical (unpaired) electrons. The van der Waals surface area contributed by atoms with E-state index in [4.69, 9.17) is 21.1 Å². The fraction of sp³-hybridized carbons (Fsp3) is 0.280. The number of ether oxygens (including phenoxy) is 2. The van der Waals surface area contributed by atoms with E-state index in [0.717, 1.165) is 5.56 Å². The van der Waals surface area contributed by atoms with E-state index in [9.17, 15) is 24.8 Å². The number of aliphatic hydroxyl groups is 4. The molecule has 5 unspecified atom stereocenters. The van der Waals surface area contributed by atoms with E-state index in [1.165, 1.54) is 6.07 Å². The normalized spacial score (nSPS) is 25.1. The first-order valence-electron chi connectivity index (χ1n) is 10.4. The maximum atomic E-state index is 14.6. The summed E-state index contributed by atoms with van der Waals surface area (Å²) in [5, 5.41) is 40.2. The summed E-state index contributed by atoms with van der Waals surface area (Å²) in [5.74, 6) is -0.357. The highest BCUT2D eigenvalue weighted by molar-refractivity contribution is 6.31. The molecule has 1 fully saturated rings. The van der Waals surface area contributed by atoms with Crippen molar-refractivity contribution in [1.82, 2.24) is 0 Å². The van der Waals surface area contributed by atoms with Gasteiger partial charge in [0.05, 0.1) is 0 Å². The van der Waals surface area contributed by atoms with Crippen molar-refractivity contribution in [2.24, 2.45) is 0 Å². The molecule has 0 aliphatic carbocycles. The highest BCUT2D eigenvalue weighted by atomic mass is 35.5. The molecule has 4 N–H and O–H groups in total. The van der Waals surface area contributed by atoms with Gasteiger partial charge in [-0.1, -0.05) is 60.1 Å². The first-order valence-corrected chi connectivity index (χ1v) is 10.8. The largest absolute Gasteiger partial charge is 0.486 e. The maximum absolute atomic E-state index is 14.6. The molecule has 0 amide bonds. The van der Waals surface area contributed by atoms with E-state index >= 15 is 0 Å². The lowest BCUT2D eigenvalue weighted by Gasteiger charge is -2.38. The molecule has 33 heavy (non-hydrogen) atoms. The molecule has 4 rings (SSSR count). The molecule has 0 saturated carbocycles. The van der Waals surface area contributed by atoms with Gasteiger partial charge in [-0.2, -0.15) is 0 Å². The van der Waals surface area contributed by atoms with Gasteiger partial charge in [-0.25, -0.2) is 4.39 Å². The van der Waals surface area contributed by atoms with Crippen molar-refractivity contribution in [3.8, 4) is 5.75 Å². The minimum Gasteiger partial charge on any atom is -0.486 e. The number of hydrogen-bond donors (Lipinski definition) is 4. The number of rotatable bonds is 6. The minimum atomic E-state index is -1.65. The van der Waals surface area contributed by atoms with Gasteiger partial charge in [0.1, 0.15) is 31.0 Å². The van der Waals surface area contributed by atoms with Gasteiger partial charge in [-0.15, -0.1) is 0 Å². The Kier molecular flexibility index (Phi) is 7.29. The van der Waals surface area contributed by atoms with E-state index < -0.39 is 36.5 Å². The molecule has 6 nitrogen and oxygen atoms in total. The zero-order valence-electron chi connectivity index (χ0n) is 17.5. The number of halogens is 2. The SMILES string of the molecule is OC1OC(c2ccc(Cl)c(Cc3ccc(OCc4ccccc4)c(F)c3)c2)C(O)C(O)C1O. The summed E-state index contributed by atoms with van der Waals surface area (Å²) < 4.78 is 25.5. The molecule has 1 saturated heterocycles. The number of benzene rings is 3. The van der Waals surface area contributed by atoms with Crippen LogP contribution in [-0.2, 0) is 17.8 Å². The molecule has 0 spiro atoms. The molecule has 0 bridgehead atoms. The molecule has 174 valence electrons. The average molecular weight is 475 g/mol. The van der Waals surface area contributed by atoms with Crippen molar-refractivity contribution in [3.05, 3.63) is 99.8 Å². The van der Waals surface area contributed by atoms with Crippen LogP contribution in [0.3, 0.4) is 0 Å². The van der Waals surface area contributed by atoms with E-state index in [1.807, 2.05) is 30.3 Å². The molecule has 1 heterocycles. The fourth-order valence-electron chi connectivity index (χ4n) is 3.77. The van der Waals surface area contributed by atoms with Crippen molar-refractivity contribution in [2.45, 2.75) is 43.7 Å². The van der Waals surface area contributed by atoms with Crippen molar-refractivity contribution in [1.29, 1.82) is 0 Å². The Hall–Kier alpha value is -2.52. The van der Waals surface area contributed by atoms with Gasteiger partial charge in [-0.05, 0) is 46.9 Å². The second-order valence-corrected chi connectivity index (χ2v) is 8.39. The number of aliphatic hydroxyl groups excluding tert-OH is 4. The average Bonchev–Trinajstić information content (AvgIpc) is 2.82. The van der Waals surface area contributed by atoms with Crippen LogP contribution in [0.2, 0.25) is 5.02 Å². The van der Waals surface area contributed by atoms with Gasteiger partial charge in [0.15, 0.2) is 17.9 Å². The minimum absolute atomic E-state index is 0.141. The third kappa shape index (κ3) is 5.35. The maximum Gasteiger partial charge on any atom is 0.184 e. The topological polar surface area (TPSA) is 99.4 Å². The highest BCUT2D eigenvalue weighted by Gasteiger charge is 2.43. The van der Waals surface area contributed by atoms with Crippen molar-refractivity contribution >= 4 is 11.6 Å². The van der Waals surface area contributed by atoms with E-state index in [-0.39, 0.29) is 12.4 Å². The highest BCUT2D eigenvalue weighted by Crippen LogP contribution is 2.34. The smallest absolute Gasteiger partial charge is 0.184 e. The standard InChI is InChI=1S/C25H24ClFO6/c26-18-8-7-16(24-22(29)21(28)23(30)25(31)33-24)12-17(18)10-15-6-9-20(19(27)11-15)32-13-14-4-2-1-3-5-14/h1-9,11-12,21-25,28-31H,10,13H2. The summed E-state index contributed by atoms with van der Waals surface area (Å²) in [7, 11) is 0. The molecule has 0 aromatic heterocycles. The van der Waals surface area contributed by atoms with Crippen molar-refractivity contribution in [2.75, 3.05) is 0 Å². The Morgan fingerprint density at radius 2 is 1.61 bits per heavy atom. The second-order valence-electron chi connectivity index (χ2n) is 7.99.